The molecule has 0 saturated carbocycles. The first-order chi connectivity index (χ1) is 6.29. The standard InChI is InChI=1S/C11H10O2/c1-8(12)10-6-2-4-9-5-3-7-13-11(9)10/h2-6H,7H2,1H3. The van der Waals surface area contributed by atoms with Crippen LogP contribution >= 0.6 is 0 Å². The predicted molar refractivity (Wildman–Crippen MR) is 51.0 cm³/mol. The van der Waals surface area contributed by atoms with E-state index in [0.717, 1.165) is 11.3 Å². The molecule has 0 aromatic heterocycles. The lowest BCUT2D eigenvalue weighted by Crippen LogP contribution is -2.05. The molecular weight excluding hydrogens is 164 g/mol. The first kappa shape index (κ1) is 8.05. The number of rotatable bonds is 1. The Bertz CT molecular complexity index is 378. The van der Waals surface area contributed by atoms with Crippen molar-refractivity contribution in [3.05, 3.63) is 35.4 Å². The molecule has 0 saturated heterocycles. The number of ether oxygens (including phenoxy) is 1. The van der Waals surface area contributed by atoms with Crippen molar-refractivity contribution in [2.24, 2.45) is 0 Å². The molecule has 1 aromatic carbocycles. The van der Waals surface area contributed by atoms with Gasteiger partial charge in [0.15, 0.2) is 5.78 Å². The fourth-order valence-corrected chi connectivity index (χ4v) is 1.43. The maximum atomic E-state index is 11.2. The van der Waals surface area contributed by atoms with Gasteiger partial charge in [-0.15, -0.1) is 0 Å². The van der Waals surface area contributed by atoms with E-state index >= 15 is 0 Å². The Morgan fingerprint density at radius 2 is 2.31 bits per heavy atom. The van der Waals surface area contributed by atoms with E-state index in [-0.39, 0.29) is 5.78 Å². The van der Waals surface area contributed by atoms with Crippen molar-refractivity contribution in [2.45, 2.75) is 6.92 Å². The van der Waals surface area contributed by atoms with E-state index in [1.54, 1.807) is 13.0 Å². The van der Waals surface area contributed by atoms with Crippen LogP contribution in [0.5, 0.6) is 5.75 Å². The molecule has 1 heterocycles. The summed E-state index contributed by atoms with van der Waals surface area (Å²) in [6, 6.07) is 5.60. The lowest BCUT2D eigenvalue weighted by Gasteiger charge is -2.14. The van der Waals surface area contributed by atoms with Crippen LogP contribution in [0.15, 0.2) is 24.3 Å². The Balaban J connectivity index is 2.59. The van der Waals surface area contributed by atoms with Crippen LogP contribution in [0.3, 0.4) is 0 Å². The Morgan fingerprint density at radius 1 is 1.46 bits per heavy atom. The van der Waals surface area contributed by atoms with Gasteiger partial charge in [-0.2, -0.15) is 0 Å². The van der Waals surface area contributed by atoms with Gasteiger partial charge < -0.3 is 4.74 Å². The highest BCUT2D eigenvalue weighted by Crippen LogP contribution is 2.28. The summed E-state index contributed by atoms with van der Waals surface area (Å²) in [6.45, 7) is 2.11. The smallest absolute Gasteiger partial charge is 0.163 e. The quantitative estimate of drug-likeness (QED) is 0.610. The Labute approximate surface area is 76.8 Å². The maximum absolute atomic E-state index is 11.2. The van der Waals surface area contributed by atoms with Gasteiger partial charge in [-0.1, -0.05) is 18.2 Å². The molecule has 1 aromatic rings. The first-order valence-corrected chi connectivity index (χ1v) is 4.22. The van der Waals surface area contributed by atoms with Gasteiger partial charge in [0.1, 0.15) is 12.4 Å². The summed E-state index contributed by atoms with van der Waals surface area (Å²) in [7, 11) is 0. The molecule has 0 unspecified atom stereocenters. The second-order valence-electron chi connectivity index (χ2n) is 2.99. The average Bonchev–Trinajstić information content (AvgIpc) is 2.17. The molecule has 0 atom stereocenters. The Morgan fingerprint density at radius 3 is 3.08 bits per heavy atom. The van der Waals surface area contributed by atoms with Gasteiger partial charge >= 0.3 is 0 Å². The summed E-state index contributed by atoms with van der Waals surface area (Å²) in [5.74, 6) is 0.768. The number of carbonyl (C=O) groups excluding carboxylic acids is 1. The number of ketones is 1. The van der Waals surface area contributed by atoms with Crippen molar-refractivity contribution in [2.75, 3.05) is 6.61 Å². The third-order valence-electron chi connectivity index (χ3n) is 2.05. The molecule has 0 amide bonds. The molecular formula is C11H10O2. The summed E-state index contributed by atoms with van der Waals surface area (Å²) in [6.07, 6.45) is 3.91. The highest BCUT2D eigenvalue weighted by molar-refractivity contribution is 5.98. The lowest BCUT2D eigenvalue weighted by atomic mass is 10.0. The molecule has 0 fully saturated rings. The van der Waals surface area contributed by atoms with Crippen molar-refractivity contribution >= 4 is 11.9 Å². The first-order valence-electron chi connectivity index (χ1n) is 4.22. The molecule has 2 heteroatoms. The van der Waals surface area contributed by atoms with E-state index in [9.17, 15) is 4.79 Å². The van der Waals surface area contributed by atoms with Gasteiger partial charge in [0.2, 0.25) is 0 Å². The molecule has 1 aliphatic rings. The molecule has 1 aliphatic heterocycles. The van der Waals surface area contributed by atoms with Gasteiger partial charge in [0.05, 0.1) is 5.56 Å². The van der Waals surface area contributed by atoms with Crippen LogP contribution in [0.4, 0.5) is 0 Å². The number of carbonyl (C=O) groups is 1. The number of hydrogen-bond donors (Lipinski definition) is 0. The fourth-order valence-electron chi connectivity index (χ4n) is 1.43. The second-order valence-corrected chi connectivity index (χ2v) is 2.99. The maximum Gasteiger partial charge on any atom is 0.163 e. The molecule has 0 N–H and O–H groups in total. The van der Waals surface area contributed by atoms with E-state index in [0.29, 0.717) is 12.2 Å². The fraction of sp³-hybridized carbons (Fsp3) is 0.182. The minimum Gasteiger partial charge on any atom is -0.488 e. The molecule has 2 rings (SSSR count). The summed E-state index contributed by atoms with van der Waals surface area (Å²) in [5.41, 5.74) is 1.65. The van der Waals surface area contributed by atoms with E-state index in [1.165, 1.54) is 0 Å². The zero-order valence-electron chi connectivity index (χ0n) is 7.41. The van der Waals surface area contributed by atoms with Crippen molar-refractivity contribution in [1.82, 2.24) is 0 Å². The normalized spacial score (nSPS) is 13.3. The molecule has 13 heavy (non-hydrogen) atoms. The van der Waals surface area contributed by atoms with Crippen molar-refractivity contribution in [3.63, 3.8) is 0 Å². The Hall–Kier alpha value is -1.57. The molecule has 0 radical (unpaired) electrons. The molecule has 0 aliphatic carbocycles. The number of para-hydroxylation sites is 1. The topological polar surface area (TPSA) is 26.3 Å². The lowest BCUT2D eigenvalue weighted by molar-refractivity contribution is 0.101. The van der Waals surface area contributed by atoms with Gasteiger partial charge in [0, 0.05) is 5.56 Å². The number of benzene rings is 1. The van der Waals surface area contributed by atoms with E-state index in [4.69, 9.17) is 4.74 Å². The summed E-state index contributed by atoms with van der Waals surface area (Å²) >= 11 is 0. The largest absolute Gasteiger partial charge is 0.488 e. The minimum absolute atomic E-state index is 0.0483. The van der Waals surface area contributed by atoms with Crippen LogP contribution in [0.1, 0.15) is 22.8 Å². The molecule has 0 bridgehead atoms. The minimum atomic E-state index is 0.0483. The van der Waals surface area contributed by atoms with Crippen molar-refractivity contribution < 1.29 is 9.53 Å². The number of hydrogen-bond acceptors (Lipinski definition) is 2. The monoisotopic (exact) mass is 174 g/mol. The third-order valence-corrected chi connectivity index (χ3v) is 2.05. The highest BCUT2D eigenvalue weighted by atomic mass is 16.5. The third kappa shape index (κ3) is 1.35. The van der Waals surface area contributed by atoms with Crippen LogP contribution in [-0.4, -0.2) is 12.4 Å². The zero-order valence-corrected chi connectivity index (χ0v) is 7.41. The van der Waals surface area contributed by atoms with Gasteiger partial charge in [0.25, 0.3) is 0 Å². The average molecular weight is 174 g/mol. The van der Waals surface area contributed by atoms with E-state index in [1.807, 2.05) is 24.3 Å². The van der Waals surface area contributed by atoms with Crippen LogP contribution in [0, 0.1) is 0 Å². The summed E-state index contributed by atoms with van der Waals surface area (Å²) in [4.78, 5) is 11.2. The van der Waals surface area contributed by atoms with Crippen LogP contribution in [0.2, 0.25) is 0 Å². The van der Waals surface area contributed by atoms with Crippen molar-refractivity contribution in [1.29, 1.82) is 0 Å². The van der Waals surface area contributed by atoms with Gasteiger partial charge in [-0.25, -0.2) is 0 Å². The van der Waals surface area contributed by atoms with Crippen molar-refractivity contribution in [3.8, 4) is 5.75 Å². The van der Waals surface area contributed by atoms with Crippen LogP contribution < -0.4 is 4.74 Å². The van der Waals surface area contributed by atoms with E-state index in [2.05, 4.69) is 0 Å². The SMILES string of the molecule is CC(=O)c1cccc2c1OCC=C2. The molecule has 0 spiro atoms. The highest BCUT2D eigenvalue weighted by Gasteiger charge is 2.13. The molecule has 2 nitrogen and oxygen atoms in total. The molecule has 66 valence electrons. The van der Waals surface area contributed by atoms with Crippen LogP contribution in [0.25, 0.3) is 6.08 Å². The zero-order chi connectivity index (χ0) is 9.26. The van der Waals surface area contributed by atoms with Gasteiger partial charge in [-0.3, -0.25) is 4.79 Å². The van der Waals surface area contributed by atoms with Gasteiger partial charge in [-0.05, 0) is 19.1 Å². The summed E-state index contributed by atoms with van der Waals surface area (Å²) < 4.78 is 5.41. The Kier molecular flexibility index (Phi) is 1.89. The second kappa shape index (κ2) is 3.05. The number of fused-ring (bicyclic) bond motifs is 1. The summed E-state index contributed by atoms with van der Waals surface area (Å²) in [5, 5.41) is 0. The van der Waals surface area contributed by atoms with Crippen LogP contribution in [-0.2, 0) is 0 Å². The predicted octanol–water partition coefficient (Wildman–Crippen LogP) is 2.29. The number of Topliss-reactive ketones (excluding diaryl/α,β-unsaturated/α-hetero) is 1. The van der Waals surface area contributed by atoms with E-state index < -0.39 is 0 Å².